The van der Waals surface area contributed by atoms with Gasteiger partial charge in [-0.2, -0.15) is 0 Å². The topological polar surface area (TPSA) is 3.24 Å². The number of benzene rings is 7. The first-order valence-electron chi connectivity index (χ1n) is 22.7. The molecule has 1 aliphatic carbocycles. The van der Waals surface area contributed by atoms with E-state index in [2.05, 4.69) is 253 Å². The molecule has 0 N–H and O–H groups in total. The summed E-state index contributed by atoms with van der Waals surface area (Å²) in [6, 6.07) is 58.0. The number of nitrogens with zero attached hydrogens (tertiary/aromatic N) is 1. The highest BCUT2D eigenvalue weighted by Crippen LogP contribution is 2.51. The molecule has 1 aliphatic rings. The van der Waals surface area contributed by atoms with Crippen molar-refractivity contribution in [1.29, 1.82) is 0 Å². The van der Waals surface area contributed by atoms with E-state index in [1.165, 1.54) is 77.9 Å². The predicted molar refractivity (Wildman–Crippen MR) is 270 cm³/mol. The Balaban J connectivity index is 1.27. The first kappa shape index (κ1) is 43.0. The van der Waals surface area contributed by atoms with Gasteiger partial charge in [0.2, 0.25) is 0 Å². The van der Waals surface area contributed by atoms with Gasteiger partial charge in [0.15, 0.2) is 0 Å². The van der Waals surface area contributed by atoms with Crippen molar-refractivity contribution in [3.8, 4) is 44.5 Å². The third kappa shape index (κ3) is 8.32. The van der Waals surface area contributed by atoms with Crippen molar-refractivity contribution in [3.05, 3.63) is 185 Å². The van der Waals surface area contributed by atoms with Crippen molar-refractivity contribution in [1.82, 2.24) is 0 Å². The van der Waals surface area contributed by atoms with Gasteiger partial charge in [0, 0.05) is 22.5 Å². The molecule has 1 heteroatoms. The van der Waals surface area contributed by atoms with Gasteiger partial charge in [-0.05, 0) is 136 Å². The summed E-state index contributed by atoms with van der Waals surface area (Å²) < 4.78 is 0. The second-order valence-electron chi connectivity index (χ2n) is 22.5. The first-order valence-corrected chi connectivity index (χ1v) is 22.7. The molecule has 0 unspecified atom stereocenters. The van der Waals surface area contributed by atoms with Gasteiger partial charge in [0.05, 0.1) is 0 Å². The lowest BCUT2D eigenvalue weighted by Gasteiger charge is -2.30. The predicted octanol–water partition coefficient (Wildman–Crippen LogP) is 17.7. The number of fused-ring (bicyclic) bond motifs is 3. The lowest BCUT2D eigenvalue weighted by Crippen LogP contribution is -2.17. The molecule has 7 aromatic rings. The molecule has 0 atom stereocenters. The standard InChI is InChI=1S/C61H67N/c1-57(2,3)46-19-17-18-43(32-46)40-26-28-50(29-27-40)62(51-30-31-54-53-20-15-16-21-55(53)61(13,14)56(54)39-51)52-36-45(35-49(38-52)60(10,11)12)42-24-22-41(23-25-42)44-33-47(58(4,5)6)37-48(34-44)59(7,8)9/h15-39H,1-14H3. The molecule has 0 fully saturated rings. The van der Waals surface area contributed by atoms with Crippen molar-refractivity contribution in [3.63, 3.8) is 0 Å². The highest BCUT2D eigenvalue weighted by Gasteiger charge is 2.36. The maximum absolute atomic E-state index is 2.48. The van der Waals surface area contributed by atoms with Gasteiger partial charge in [-0.3, -0.25) is 0 Å². The number of anilines is 3. The van der Waals surface area contributed by atoms with Crippen molar-refractivity contribution >= 4 is 17.1 Å². The highest BCUT2D eigenvalue weighted by atomic mass is 15.1. The molecule has 0 aromatic heterocycles. The SMILES string of the molecule is CC(C)(C)c1cccc(-c2ccc(N(c3cc(-c4ccc(-c5cc(C(C)(C)C)cc(C(C)(C)C)c5)cc4)cc(C(C)(C)C)c3)c3ccc4c(c3)C(C)(C)c3ccccc3-4)cc2)c1. The van der Waals surface area contributed by atoms with Crippen molar-refractivity contribution in [2.75, 3.05) is 4.90 Å². The zero-order valence-corrected chi connectivity index (χ0v) is 39.9. The summed E-state index contributed by atoms with van der Waals surface area (Å²) in [6.45, 7) is 32.5. The Hall–Kier alpha value is -5.66. The average molecular weight is 814 g/mol. The van der Waals surface area contributed by atoms with Gasteiger partial charge in [-0.15, -0.1) is 0 Å². The Morgan fingerprint density at radius 3 is 1.32 bits per heavy atom. The van der Waals surface area contributed by atoms with E-state index in [1.807, 2.05) is 0 Å². The molecule has 316 valence electrons. The van der Waals surface area contributed by atoms with Gasteiger partial charge in [-0.1, -0.05) is 212 Å². The van der Waals surface area contributed by atoms with Crippen LogP contribution in [0.25, 0.3) is 44.5 Å². The van der Waals surface area contributed by atoms with Crippen molar-refractivity contribution < 1.29 is 0 Å². The molecule has 0 spiro atoms. The molecule has 62 heavy (non-hydrogen) atoms. The molecular weight excluding hydrogens is 747 g/mol. The maximum Gasteiger partial charge on any atom is 0.0470 e. The Morgan fingerprint density at radius 1 is 0.306 bits per heavy atom. The number of hydrogen-bond acceptors (Lipinski definition) is 1. The fourth-order valence-corrected chi connectivity index (χ4v) is 9.10. The number of rotatable bonds is 6. The van der Waals surface area contributed by atoms with Crippen LogP contribution in [0, 0.1) is 0 Å². The van der Waals surface area contributed by atoms with Crippen LogP contribution >= 0.6 is 0 Å². The van der Waals surface area contributed by atoms with Crippen LogP contribution in [0.4, 0.5) is 17.1 Å². The summed E-state index contributed by atoms with van der Waals surface area (Å²) in [5.41, 5.74) is 21.7. The molecule has 0 bridgehead atoms. The second-order valence-corrected chi connectivity index (χ2v) is 22.5. The molecule has 0 saturated heterocycles. The lowest BCUT2D eigenvalue weighted by molar-refractivity contribution is 0.569. The van der Waals surface area contributed by atoms with Crippen LogP contribution in [0.5, 0.6) is 0 Å². The van der Waals surface area contributed by atoms with Gasteiger partial charge in [-0.25, -0.2) is 0 Å². The van der Waals surface area contributed by atoms with E-state index < -0.39 is 0 Å². The third-order valence-electron chi connectivity index (χ3n) is 13.3. The molecule has 7 aromatic carbocycles. The van der Waals surface area contributed by atoms with Gasteiger partial charge in [0.1, 0.15) is 0 Å². The summed E-state index contributed by atoms with van der Waals surface area (Å²) in [5, 5.41) is 0. The molecule has 0 radical (unpaired) electrons. The monoisotopic (exact) mass is 814 g/mol. The van der Waals surface area contributed by atoms with E-state index in [0.29, 0.717) is 0 Å². The zero-order valence-electron chi connectivity index (χ0n) is 39.9. The molecular formula is C61H67N. The molecule has 0 amide bonds. The molecule has 0 aliphatic heterocycles. The van der Waals surface area contributed by atoms with E-state index in [1.54, 1.807) is 0 Å². The van der Waals surface area contributed by atoms with E-state index >= 15 is 0 Å². The molecule has 0 heterocycles. The number of hydrogen-bond donors (Lipinski definition) is 0. The highest BCUT2D eigenvalue weighted by molar-refractivity contribution is 5.87. The fourth-order valence-electron chi connectivity index (χ4n) is 9.10. The van der Waals surface area contributed by atoms with Gasteiger partial charge < -0.3 is 4.90 Å². The molecule has 1 nitrogen and oxygen atoms in total. The van der Waals surface area contributed by atoms with Crippen LogP contribution in [-0.4, -0.2) is 0 Å². The van der Waals surface area contributed by atoms with E-state index in [4.69, 9.17) is 0 Å². The normalized spacial score (nSPS) is 13.8. The van der Waals surface area contributed by atoms with E-state index in [0.717, 1.165) is 17.1 Å². The van der Waals surface area contributed by atoms with Crippen LogP contribution in [0.2, 0.25) is 0 Å². The molecule has 0 saturated carbocycles. The van der Waals surface area contributed by atoms with Crippen LogP contribution in [0.1, 0.15) is 130 Å². The molecule has 8 rings (SSSR count). The second kappa shape index (κ2) is 15.3. The third-order valence-corrected chi connectivity index (χ3v) is 13.3. The van der Waals surface area contributed by atoms with Crippen LogP contribution in [0.15, 0.2) is 152 Å². The summed E-state index contributed by atoms with van der Waals surface area (Å²) in [6.07, 6.45) is 0. The van der Waals surface area contributed by atoms with Crippen LogP contribution < -0.4 is 4.90 Å². The summed E-state index contributed by atoms with van der Waals surface area (Å²) in [7, 11) is 0. The summed E-state index contributed by atoms with van der Waals surface area (Å²) in [5.74, 6) is 0. The van der Waals surface area contributed by atoms with E-state index in [9.17, 15) is 0 Å². The largest absolute Gasteiger partial charge is 0.310 e. The summed E-state index contributed by atoms with van der Waals surface area (Å²) in [4.78, 5) is 2.48. The fraction of sp³-hybridized carbons (Fsp3) is 0.311. The first-order chi connectivity index (χ1) is 29.0. The Labute approximate surface area is 373 Å². The quantitative estimate of drug-likeness (QED) is 0.162. The van der Waals surface area contributed by atoms with Crippen molar-refractivity contribution in [2.24, 2.45) is 0 Å². The minimum Gasteiger partial charge on any atom is -0.310 e. The van der Waals surface area contributed by atoms with Crippen LogP contribution in [0.3, 0.4) is 0 Å². The zero-order chi connectivity index (χ0) is 44.6. The van der Waals surface area contributed by atoms with Gasteiger partial charge >= 0.3 is 0 Å². The van der Waals surface area contributed by atoms with Crippen LogP contribution in [-0.2, 0) is 27.1 Å². The minimum absolute atomic E-state index is 0.0574. The van der Waals surface area contributed by atoms with Crippen molar-refractivity contribution in [2.45, 2.75) is 124 Å². The van der Waals surface area contributed by atoms with Gasteiger partial charge in [0.25, 0.3) is 0 Å². The Kier molecular flexibility index (Phi) is 10.6. The van der Waals surface area contributed by atoms with E-state index in [-0.39, 0.29) is 27.1 Å². The maximum atomic E-state index is 2.48. The average Bonchev–Trinajstić information content (AvgIpc) is 3.45. The lowest BCUT2D eigenvalue weighted by atomic mass is 9.79. The Bertz CT molecular complexity index is 2730. The summed E-state index contributed by atoms with van der Waals surface area (Å²) >= 11 is 0. The minimum atomic E-state index is -0.115. The smallest absolute Gasteiger partial charge is 0.0470 e. The Morgan fingerprint density at radius 2 is 0.758 bits per heavy atom.